The second-order valence-corrected chi connectivity index (χ2v) is 6.31. The molecule has 6 heteroatoms. The summed E-state index contributed by atoms with van der Waals surface area (Å²) in [7, 11) is 3.94. The zero-order chi connectivity index (χ0) is 16.4. The second-order valence-electron chi connectivity index (χ2n) is 6.31. The summed E-state index contributed by atoms with van der Waals surface area (Å²) in [6, 6.07) is 8.19. The number of hydrogen-bond acceptors (Lipinski definition) is 5. The number of carboxylic acids is 1. The Morgan fingerprint density at radius 2 is 1.87 bits per heavy atom. The van der Waals surface area contributed by atoms with Crippen molar-refractivity contribution in [3.63, 3.8) is 0 Å². The van der Waals surface area contributed by atoms with Crippen molar-refractivity contribution in [3.05, 3.63) is 24.3 Å². The van der Waals surface area contributed by atoms with Crippen molar-refractivity contribution in [1.82, 2.24) is 9.97 Å². The molecule has 0 aliphatic heterocycles. The molecular weight excluding hydrogens is 292 g/mol. The van der Waals surface area contributed by atoms with Gasteiger partial charge in [0.2, 0.25) is 5.95 Å². The van der Waals surface area contributed by atoms with Crippen molar-refractivity contribution in [3.8, 4) is 0 Å². The van der Waals surface area contributed by atoms with Crippen LogP contribution in [0.2, 0.25) is 0 Å². The van der Waals surface area contributed by atoms with Crippen LogP contribution in [0.3, 0.4) is 0 Å². The zero-order valence-corrected chi connectivity index (χ0v) is 13.5. The summed E-state index contributed by atoms with van der Waals surface area (Å²) in [6.07, 6.45) is 3.09. The fraction of sp³-hybridized carbons (Fsp3) is 0.471. The molecule has 1 heterocycles. The number of carboxylic acid groups (broad SMARTS) is 1. The van der Waals surface area contributed by atoms with E-state index in [2.05, 4.69) is 15.3 Å². The summed E-state index contributed by atoms with van der Waals surface area (Å²) < 4.78 is 0. The number of aliphatic carboxylic acids is 1. The second kappa shape index (κ2) is 6.40. The van der Waals surface area contributed by atoms with Crippen LogP contribution in [0.15, 0.2) is 24.3 Å². The number of nitrogens with one attached hydrogen (secondary N) is 1. The molecule has 0 amide bonds. The van der Waals surface area contributed by atoms with Crippen molar-refractivity contribution in [2.75, 3.05) is 24.3 Å². The van der Waals surface area contributed by atoms with Crippen LogP contribution < -0.4 is 10.2 Å². The Kier molecular flexibility index (Phi) is 4.32. The van der Waals surface area contributed by atoms with Gasteiger partial charge in [-0.3, -0.25) is 4.79 Å². The first-order valence-electron chi connectivity index (χ1n) is 7.98. The lowest BCUT2D eigenvalue weighted by atomic mass is 9.86. The van der Waals surface area contributed by atoms with E-state index in [0.29, 0.717) is 18.8 Å². The molecule has 3 rings (SSSR count). The number of anilines is 2. The molecule has 122 valence electrons. The quantitative estimate of drug-likeness (QED) is 0.903. The molecule has 6 nitrogen and oxygen atoms in total. The fourth-order valence-electron chi connectivity index (χ4n) is 3.13. The third kappa shape index (κ3) is 3.36. The van der Waals surface area contributed by atoms with Crippen LogP contribution in [0, 0.1) is 5.92 Å². The Hall–Kier alpha value is -2.37. The van der Waals surface area contributed by atoms with Gasteiger partial charge in [0.05, 0.1) is 11.4 Å². The number of carbonyl (C=O) groups is 1. The molecule has 0 saturated heterocycles. The van der Waals surface area contributed by atoms with Gasteiger partial charge in [0.25, 0.3) is 0 Å². The Morgan fingerprint density at radius 3 is 2.52 bits per heavy atom. The van der Waals surface area contributed by atoms with E-state index < -0.39 is 5.97 Å². The molecule has 0 spiro atoms. The van der Waals surface area contributed by atoms with E-state index in [1.807, 2.05) is 43.3 Å². The van der Waals surface area contributed by atoms with Gasteiger partial charge in [-0.15, -0.1) is 0 Å². The number of fused-ring (bicyclic) bond motifs is 1. The number of hydrogen-bond donors (Lipinski definition) is 2. The summed E-state index contributed by atoms with van der Waals surface area (Å²) in [4.78, 5) is 22.3. The van der Waals surface area contributed by atoms with E-state index >= 15 is 0 Å². The van der Waals surface area contributed by atoms with E-state index in [9.17, 15) is 4.79 Å². The molecule has 2 aromatic rings. The molecule has 1 aromatic heterocycles. The predicted octanol–water partition coefficient (Wildman–Crippen LogP) is 2.75. The lowest BCUT2D eigenvalue weighted by Crippen LogP contribution is -2.30. The maximum Gasteiger partial charge on any atom is 0.306 e. The summed E-state index contributed by atoms with van der Waals surface area (Å²) in [5.74, 6) is 0.617. The number of para-hydroxylation sites is 1. The molecule has 1 aliphatic rings. The molecule has 2 N–H and O–H groups in total. The minimum absolute atomic E-state index is 0.206. The van der Waals surface area contributed by atoms with Crippen LogP contribution in [-0.2, 0) is 4.79 Å². The van der Waals surface area contributed by atoms with Gasteiger partial charge in [0, 0.05) is 25.5 Å². The molecule has 1 aliphatic carbocycles. The minimum atomic E-state index is -0.680. The SMILES string of the molecule is CN(C)c1nc(NC2CCC(C(=O)O)CC2)nc2ccccc12. The number of benzene rings is 1. The first-order chi connectivity index (χ1) is 11.0. The normalized spacial score (nSPS) is 21.1. The largest absolute Gasteiger partial charge is 0.481 e. The first kappa shape index (κ1) is 15.5. The van der Waals surface area contributed by atoms with E-state index in [0.717, 1.165) is 29.6 Å². The van der Waals surface area contributed by atoms with Crippen molar-refractivity contribution >= 4 is 28.6 Å². The summed E-state index contributed by atoms with van der Waals surface area (Å²) >= 11 is 0. The molecule has 1 fully saturated rings. The number of nitrogens with zero attached hydrogens (tertiary/aromatic N) is 3. The molecular formula is C17H22N4O2. The van der Waals surface area contributed by atoms with Crippen LogP contribution in [-0.4, -0.2) is 41.2 Å². The topological polar surface area (TPSA) is 78.4 Å². The van der Waals surface area contributed by atoms with Gasteiger partial charge >= 0.3 is 5.97 Å². The van der Waals surface area contributed by atoms with E-state index in [1.54, 1.807) is 0 Å². The predicted molar refractivity (Wildman–Crippen MR) is 90.9 cm³/mol. The molecule has 1 aromatic carbocycles. The van der Waals surface area contributed by atoms with Crippen molar-refractivity contribution in [2.24, 2.45) is 5.92 Å². The van der Waals surface area contributed by atoms with Gasteiger partial charge in [0.15, 0.2) is 0 Å². The lowest BCUT2D eigenvalue weighted by molar-refractivity contribution is -0.142. The maximum atomic E-state index is 11.0. The highest BCUT2D eigenvalue weighted by Gasteiger charge is 2.26. The van der Waals surface area contributed by atoms with Gasteiger partial charge in [-0.1, -0.05) is 12.1 Å². The summed E-state index contributed by atoms with van der Waals surface area (Å²) in [5.41, 5.74) is 0.910. The first-order valence-corrected chi connectivity index (χ1v) is 7.98. The fourth-order valence-corrected chi connectivity index (χ4v) is 3.13. The van der Waals surface area contributed by atoms with Crippen molar-refractivity contribution < 1.29 is 9.90 Å². The van der Waals surface area contributed by atoms with Crippen molar-refractivity contribution in [2.45, 2.75) is 31.7 Å². The highest BCUT2D eigenvalue weighted by atomic mass is 16.4. The standard InChI is InChI=1S/C17H22N4O2/c1-21(2)15-13-5-3-4-6-14(13)19-17(20-15)18-12-9-7-11(8-10-12)16(22)23/h3-6,11-12H,7-10H2,1-2H3,(H,22,23)(H,18,19,20). The van der Waals surface area contributed by atoms with E-state index in [1.165, 1.54) is 0 Å². The van der Waals surface area contributed by atoms with E-state index in [4.69, 9.17) is 5.11 Å². The Morgan fingerprint density at radius 1 is 1.17 bits per heavy atom. The number of aromatic nitrogens is 2. The Bertz CT molecular complexity index is 709. The van der Waals surface area contributed by atoms with Gasteiger partial charge < -0.3 is 15.3 Å². The van der Waals surface area contributed by atoms with Gasteiger partial charge in [-0.05, 0) is 37.8 Å². The lowest BCUT2D eigenvalue weighted by Gasteiger charge is -2.27. The number of rotatable bonds is 4. The highest BCUT2D eigenvalue weighted by molar-refractivity contribution is 5.90. The average molecular weight is 314 g/mol. The van der Waals surface area contributed by atoms with Crippen molar-refractivity contribution in [1.29, 1.82) is 0 Å². The van der Waals surface area contributed by atoms with Crippen LogP contribution in [0.4, 0.5) is 11.8 Å². The minimum Gasteiger partial charge on any atom is -0.481 e. The molecule has 0 radical (unpaired) electrons. The Balaban J connectivity index is 1.80. The molecule has 0 bridgehead atoms. The third-order valence-electron chi connectivity index (χ3n) is 4.42. The highest BCUT2D eigenvalue weighted by Crippen LogP contribution is 2.28. The van der Waals surface area contributed by atoms with Gasteiger partial charge in [0.1, 0.15) is 5.82 Å². The third-order valence-corrected chi connectivity index (χ3v) is 4.42. The van der Waals surface area contributed by atoms with Gasteiger partial charge in [-0.2, -0.15) is 4.98 Å². The zero-order valence-electron chi connectivity index (χ0n) is 13.5. The molecule has 0 atom stereocenters. The van der Waals surface area contributed by atoms with Crippen LogP contribution in [0.25, 0.3) is 10.9 Å². The molecule has 1 saturated carbocycles. The monoisotopic (exact) mass is 314 g/mol. The maximum absolute atomic E-state index is 11.0. The van der Waals surface area contributed by atoms with Gasteiger partial charge in [-0.25, -0.2) is 4.98 Å². The molecule has 23 heavy (non-hydrogen) atoms. The van der Waals surface area contributed by atoms with Crippen LogP contribution in [0.5, 0.6) is 0 Å². The van der Waals surface area contributed by atoms with E-state index in [-0.39, 0.29) is 12.0 Å². The van der Waals surface area contributed by atoms with Crippen LogP contribution >= 0.6 is 0 Å². The molecule has 0 unspecified atom stereocenters. The Labute approximate surface area is 135 Å². The van der Waals surface area contributed by atoms with Crippen LogP contribution in [0.1, 0.15) is 25.7 Å². The summed E-state index contributed by atoms with van der Waals surface area (Å²) in [5, 5.41) is 13.5. The summed E-state index contributed by atoms with van der Waals surface area (Å²) in [6.45, 7) is 0. The smallest absolute Gasteiger partial charge is 0.306 e. The average Bonchev–Trinajstić information content (AvgIpc) is 2.54.